The molecule has 0 bridgehead atoms. The van der Waals surface area contributed by atoms with Gasteiger partial charge in [0.2, 0.25) is 0 Å². The van der Waals surface area contributed by atoms with Crippen LogP contribution in [0.4, 0.5) is 0 Å². The topological polar surface area (TPSA) is 80.5 Å². The van der Waals surface area contributed by atoms with Gasteiger partial charge in [-0.05, 0) is 63.9 Å². The number of amides is 1. The number of carbonyl (C=O) groups is 1. The summed E-state index contributed by atoms with van der Waals surface area (Å²) in [5.41, 5.74) is 6.21. The quantitative estimate of drug-likeness (QED) is 0.913. The summed E-state index contributed by atoms with van der Waals surface area (Å²) in [7, 11) is -3.30. The molecule has 2 atom stereocenters. The number of benzene rings is 1. The maximum atomic E-state index is 12.5. The molecular weight excluding hydrogens is 300 g/mol. The van der Waals surface area contributed by atoms with Gasteiger partial charge < -0.3 is 10.6 Å². The highest BCUT2D eigenvalue weighted by atomic mass is 32.2. The minimum absolute atomic E-state index is 0.0584. The van der Waals surface area contributed by atoms with Crippen molar-refractivity contribution in [2.24, 2.45) is 11.7 Å². The van der Waals surface area contributed by atoms with Crippen LogP contribution in [-0.2, 0) is 9.84 Å². The molecule has 0 spiro atoms. The molecule has 1 saturated heterocycles. The Morgan fingerprint density at radius 2 is 1.91 bits per heavy atom. The summed E-state index contributed by atoms with van der Waals surface area (Å²) in [6, 6.07) is 6.40. The van der Waals surface area contributed by atoms with Crippen molar-refractivity contribution in [2.75, 3.05) is 13.1 Å². The van der Waals surface area contributed by atoms with Gasteiger partial charge in [0.1, 0.15) is 0 Å². The smallest absolute Gasteiger partial charge is 0.254 e. The zero-order valence-electron chi connectivity index (χ0n) is 13.3. The number of sulfone groups is 1. The van der Waals surface area contributed by atoms with Crippen molar-refractivity contribution >= 4 is 15.7 Å². The Labute approximate surface area is 132 Å². The van der Waals surface area contributed by atoms with Crippen molar-refractivity contribution in [1.82, 2.24) is 4.90 Å². The van der Waals surface area contributed by atoms with E-state index in [0.29, 0.717) is 24.6 Å². The SMILES string of the molecule is CC1CC(CN)CN1C(=O)c1ccc(S(=O)(=O)C(C)C)cc1. The van der Waals surface area contributed by atoms with E-state index in [1.807, 2.05) is 11.8 Å². The second-order valence-electron chi connectivity index (χ2n) is 6.26. The standard InChI is InChI=1S/C16H24N2O3S/c1-11(2)22(20,21)15-6-4-14(5-7-15)16(19)18-10-13(9-17)8-12(18)3/h4-7,11-13H,8-10,17H2,1-3H3. The van der Waals surface area contributed by atoms with E-state index in [1.165, 1.54) is 12.1 Å². The molecule has 1 aromatic carbocycles. The molecule has 6 heteroatoms. The molecule has 2 unspecified atom stereocenters. The average molecular weight is 324 g/mol. The maximum Gasteiger partial charge on any atom is 0.254 e. The summed E-state index contributed by atoms with van der Waals surface area (Å²) >= 11 is 0. The zero-order valence-corrected chi connectivity index (χ0v) is 14.1. The van der Waals surface area contributed by atoms with E-state index < -0.39 is 15.1 Å². The van der Waals surface area contributed by atoms with E-state index in [4.69, 9.17) is 5.73 Å². The van der Waals surface area contributed by atoms with Gasteiger partial charge in [0.15, 0.2) is 9.84 Å². The molecule has 0 aliphatic carbocycles. The van der Waals surface area contributed by atoms with Crippen molar-refractivity contribution in [3.05, 3.63) is 29.8 Å². The van der Waals surface area contributed by atoms with Crippen LogP contribution in [0.3, 0.4) is 0 Å². The summed E-state index contributed by atoms with van der Waals surface area (Å²) in [5, 5.41) is -0.474. The number of nitrogens with zero attached hydrogens (tertiary/aromatic N) is 1. The van der Waals surface area contributed by atoms with Gasteiger partial charge in [-0.25, -0.2) is 8.42 Å². The van der Waals surface area contributed by atoms with Gasteiger partial charge in [-0.3, -0.25) is 4.79 Å². The lowest BCUT2D eigenvalue weighted by atomic mass is 10.1. The Bertz CT molecular complexity index is 638. The molecule has 5 nitrogen and oxygen atoms in total. The van der Waals surface area contributed by atoms with Gasteiger partial charge in [-0.2, -0.15) is 0 Å². The second-order valence-corrected chi connectivity index (χ2v) is 8.77. The number of carbonyl (C=O) groups excluding carboxylic acids is 1. The van der Waals surface area contributed by atoms with Crippen LogP contribution < -0.4 is 5.73 Å². The van der Waals surface area contributed by atoms with Crippen LogP contribution in [0.15, 0.2) is 29.2 Å². The first-order valence-electron chi connectivity index (χ1n) is 7.62. The lowest BCUT2D eigenvalue weighted by molar-refractivity contribution is 0.0743. The van der Waals surface area contributed by atoms with Crippen LogP contribution in [-0.4, -0.2) is 43.6 Å². The van der Waals surface area contributed by atoms with Gasteiger partial charge >= 0.3 is 0 Å². The van der Waals surface area contributed by atoms with Crippen LogP contribution in [0.25, 0.3) is 0 Å². The molecule has 2 rings (SSSR count). The fourth-order valence-corrected chi connectivity index (χ4v) is 3.88. The van der Waals surface area contributed by atoms with Crippen molar-refractivity contribution in [3.8, 4) is 0 Å². The molecule has 1 amide bonds. The predicted octanol–water partition coefficient (Wildman–Crippen LogP) is 1.68. The summed E-state index contributed by atoms with van der Waals surface area (Å²) in [6.45, 7) is 6.56. The fourth-order valence-electron chi connectivity index (χ4n) is 2.82. The molecule has 1 aromatic rings. The van der Waals surface area contributed by atoms with Gasteiger partial charge in [-0.1, -0.05) is 0 Å². The second kappa shape index (κ2) is 6.38. The third-order valence-electron chi connectivity index (χ3n) is 4.31. The molecule has 22 heavy (non-hydrogen) atoms. The molecule has 2 N–H and O–H groups in total. The Kier molecular flexibility index (Phi) is 4.92. The first-order valence-corrected chi connectivity index (χ1v) is 9.17. The Hall–Kier alpha value is -1.40. The number of hydrogen-bond acceptors (Lipinski definition) is 4. The third kappa shape index (κ3) is 3.17. The molecular formula is C16H24N2O3S. The van der Waals surface area contributed by atoms with E-state index in [2.05, 4.69) is 0 Å². The first-order chi connectivity index (χ1) is 10.3. The highest BCUT2D eigenvalue weighted by Crippen LogP contribution is 2.25. The van der Waals surface area contributed by atoms with Gasteiger partial charge in [-0.15, -0.1) is 0 Å². The number of nitrogens with two attached hydrogens (primary N) is 1. The van der Waals surface area contributed by atoms with Crippen LogP contribution in [0.5, 0.6) is 0 Å². The van der Waals surface area contributed by atoms with Crippen LogP contribution in [0, 0.1) is 5.92 Å². The first kappa shape index (κ1) is 17.0. The normalized spacial score (nSPS) is 22.3. The summed E-state index contributed by atoms with van der Waals surface area (Å²) in [6.07, 6.45) is 0.919. The molecule has 0 saturated carbocycles. The summed E-state index contributed by atoms with van der Waals surface area (Å²) < 4.78 is 24.2. The molecule has 1 aliphatic heterocycles. The minimum Gasteiger partial charge on any atom is -0.336 e. The highest BCUT2D eigenvalue weighted by Gasteiger charge is 2.32. The van der Waals surface area contributed by atoms with Crippen molar-refractivity contribution < 1.29 is 13.2 Å². The van der Waals surface area contributed by atoms with E-state index in [-0.39, 0.29) is 16.8 Å². The van der Waals surface area contributed by atoms with Crippen molar-refractivity contribution in [3.63, 3.8) is 0 Å². The number of rotatable bonds is 4. The van der Waals surface area contributed by atoms with E-state index >= 15 is 0 Å². The fraction of sp³-hybridized carbons (Fsp3) is 0.562. The third-order valence-corrected chi connectivity index (χ3v) is 6.48. The van der Waals surface area contributed by atoms with Crippen LogP contribution >= 0.6 is 0 Å². The lowest BCUT2D eigenvalue weighted by Crippen LogP contribution is -2.34. The molecule has 1 aliphatic rings. The largest absolute Gasteiger partial charge is 0.336 e. The zero-order chi connectivity index (χ0) is 16.5. The van der Waals surface area contributed by atoms with Gasteiger partial charge in [0.25, 0.3) is 5.91 Å². The number of likely N-dealkylation sites (tertiary alicyclic amines) is 1. The van der Waals surface area contributed by atoms with E-state index in [0.717, 1.165) is 6.42 Å². The molecule has 0 aromatic heterocycles. The molecule has 122 valence electrons. The summed E-state index contributed by atoms with van der Waals surface area (Å²) in [5.74, 6) is 0.288. The Balaban J connectivity index is 2.19. The monoisotopic (exact) mass is 324 g/mol. The van der Waals surface area contributed by atoms with E-state index in [1.54, 1.807) is 26.0 Å². The molecule has 1 fully saturated rings. The molecule has 0 radical (unpaired) electrons. The summed E-state index contributed by atoms with van der Waals surface area (Å²) in [4.78, 5) is 14.6. The highest BCUT2D eigenvalue weighted by molar-refractivity contribution is 7.92. The van der Waals surface area contributed by atoms with Gasteiger partial charge in [0.05, 0.1) is 10.1 Å². The average Bonchev–Trinajstić information content (AvgIpc) is 2.87. The van der Waals surface area contributed by atoms with Crippen molar-refractivity contribution in [1.29, 1.82) is 0 Å². The van der Waals surface area contributed by atoms with E-state index in [9.17, 15) is 13.2 Å². The van der Waals surface area contributed by atoms with Crippen LogP contribution in [0.1, 0.15) is 37.6 Å². The van der Waals surface area contributed by atoms with Crippen molar-refractivity contribution in [2.45, 2.75) is 43.4 Å². The molecule has 1 heterocycles. The van der Waals surface area contributed by atoms with Gasteiger partial charge in [0, 0.05) is 18.2 Å². The maximum absolute atomic E-state index is 12.5. The number of hydrogen-bond donors (Lipinski definition) is 1. The Morgan fingerprint density at radius 1 is 1.32 bits per heavy atom. The predicted molar refractivity (Wildman–Crippen MR) is 86.4 cm³/mol. The minimum atomic E-state index is -3.30. The lowest BCUT2D eigenvalue weighted by Gasteiger charge is -2.21. The van der Waals surface area contributed by atoms with Crippen LogP contribution in [0.2, 0.25) is 0 Å². The Morgan fingerprint density at radius 3 is 2.36 bits per heavy atom.